The number of likely N-dealkylation sites (tertiary alicyclic amines) is 2. The fourth-order valence-corrected chi connectivity index (χ4v) is 8.17. The van der Waals surface area contributed by atoms with Crippen LogP contribution in [0.2, 0.25) is 0 Å². The normalized spacial score (nSPS) is 17.7. The molecule has 2 fully saturated rings. The minimum absolute atomic E-state index is 0.0846. The summed E-state index contributed by atoms with van der Waals surface area (Å²) in [6, 6.07) is 28.2. The van der Waals surface area contributed by atoms with Crippen LogP contribution in [0, 0.1) is 6.92 Å². The number of aromatic amines is 2. The Morgan fingerprint density at radius 2 is 1.30 bits per heavy atom. The summed E-state index contributed by atoms with van der Waals surface area (Å²) in [6.45, 7) is 5.32. The molecule has 4 atom stereocenters. The molecule has 0 unspecified atom stereocenters. The van der Waals surface area contributed by atoms with Crippen LogP contribution in [0.1, 0.15) is 85.0 Å². The van der Waals surface area contributed by atoms with Gasteiger partial charge in [-0.2, -0.15) is 0 Å². The second kappa shape index (κ2) is 16.3. The largest absolute Gasteiger partial charge is 0.453 e. The van der Waals surface area contributed by atoms with E-state index in [0.29, 0.717) is 17.9 Å². The van der Waals surface area contributed by atoms with E-state index < -0.39 is 12.1 Å². The lowest BCUT2D eigenvalue weighted by Gasteiger charge is -2.28. The number of nitrogens with one attached hydrogen (secondary N) is 3. The maximum atomic E-state index is 13.9. The molecule has 12 heteroatoms. The highest BCUT2D eigenvalue weighted by Gasteiger charge is 2.37. The van der Waals surface area contributed by atoms with Crippen LogP contribution in [0.25, 0.3) is 33.8 Å². The Morgan fingerprint density at radius 1 is 0.719 bits per heavy atom. The fourth-order valence-electron chi connectivity index (χ4n) is 8.17. The Kier molecular flexibility index (Phi) is 10.7. The molecule has 3 aromatic heterocycles. The third kappa shape index (κ3) is 7.67. The molecule has 3 aromatic carbocycles. The van der Waals surface area contributed by atoms with Crippen LogP contribution < -0.4 is 5.32 Å². The van der Waals surface area contributed by atoms with Gasteiger partial charge in [0, 0.05) is 30.4 Å². The molecule has 57 heavy (non-hydrogen) atoms. The second-order valence-corrected chi connectivity index (χ2v) is 14.8. The summed E-state index contributed by atoms with van der Waals surface area (Å²) in [7, 11) is 1.28. The van der Waals surface area contributed by atoms with Crippen molar-refractivity contribution in [3.05, 3.63) is 138 Å². The van der Waals surface area contributed by atoms with Crippen molar-refractivity contribution in [3.63, 3.8) is 0 Å². The Balaban J connectivity index is 0.944. The van der Waals surface area contributed by atoms with Crippen molar-refractivity contribution < 1.29 is 19.1 Å². The molecular formula is C45H46N8O4. The number of amides is 3. The molecule has 6 aromatic rings. The molecule has 0 radical (unpaired) electrons. The maximum Gasteiger partial charge on any atom is 0.407 e. The average molecular weight is 763 g/mol. The number of rotatable bonds is 10. The number of pyridine rings is 1. The van der Waals surface area contributed by atoms with E-state index in [0.717, 1.165) is 83.0 Å². The van der Waals surface area contributed by atoms with Crippen LogP contribution in [0.3, 0.4) is 0 Å². The van der Waals surface area contributed by atoms with Gasteiger partial charge in [-0.3, -0.25) is 14.6 Å². The molecule has 3 N–H and O–H groups in total. The Hall–Kier alpha value is -6.56. The van der Waals surface area contributed by atoms with E-state index in [1.165, 1.54) is 7.11 Å². The van der Waals surface area contributed by atoms with E-state index in [-0.39, 0.29) is 29.8 Å². The molecule has 0 aliphatic carbocycles. The van der Waals surface area contributed by atoms with E-state index in [4.69, 9.17) is 19.7 Å². The van der Waals surface area contributed by atoms with Gasteiger partial charge in [0.1, 0.15) is 17.7 Å². The van der Waals surface area contributed by atoms with E-state index in [1.807, 2.05) is 109 Å². The Labute approximate surface area is 331 Å². The molecule has 0 spiro atoms. The van der Waals surface area contributed by atoms with E-state index in [9.17, 15) is 14.4 Å². The molecule has 0 bridgehead atoms. The summed E-state index contributed by atoms with van der Waals surface area (Å²) in [5.74, 6) is 1.20. The van der Waals surface area contributed by atoms with Crippen LogP contribution in [0.5, 0.6) is 0 Å². The highest BCUT2D eigenvalue weighted by molar-refractivity contribution is 5.87. The number of nitrogens with zero attached hydrogens (tertiary/aromatic N) is 5. The van der Waals surface area contributed by atoms with Gasteiger partial charge in [-0.05, 0) is 80.0 Å². The summed E-state index contributed by atoms with van der Waals surface area (Å²) >= 11 is 0. The second-order valence-electron chi connectivity index (χ2n) is 14.8. The average Bonchev–Trinajstić information content (AvgIpc) is 4.10. The number of H-pyrrole nitrogens is 2. The summed E-state index contributed by atoms with van der Waals surface area (Å²) in [5.41, 5.74) is 8.22. The third-order valence-electron chi connectivity index (χ3n) is 11.3. The minimum atomic E-state index is -0.877. The van der Waals surface area contributed by atoms with Gasteiger partial charge >= 0.3 is 6.09 Å². The summed E-state index contributed by atoms with van der Waals surface area (Å²) in [5, 5.41) is 2.72. The number of aryl methyl sites for hydroxylation is 1. The number of carbonyl (C=O) groups is 3. The zero-order chi connectivity index (χ0) is 39.5. The fraction of sp³-hybridized carbons (Fsp3) is 0.289. The number of hydrogen-bond acceptors (Lipinski definition) is 7. The molecule has 3 amide bonds. The first kappa shape index (κ1) is 37.4. The van der Waals surface area contributed by atoms with Crippen LogP contribution in [-0.4, -0.2) is 72.8 Å². The number of benzene rings is 3. The van der Waals surface area contributed by atoms with Gasteiger partial charge in [0.2, 0.25) is 5.91 Å². The number of hydrogen-bond donors (Lipinski definition) is 3. The Bertz CT molecular complexity index is 2360. The molecule has 5 heterocycles. The third-order valence-corrected chi connectivity index (χ3v) is 11.3. The highest BCUT2D eigenvalue weighted by atomic mass is 16.5. The SMILES string of the molecule is COC(=O)N[C@@H](C(=O)N1CCC[C@H]1c1ncc(-c2ccc(-c3ccc(-c4cnc([C@@H]5CCCN5C(=O)[C@H](C)c5ccccc5)[nH]4)cn3)c(C)c2)[nH]1)c1ccccc1. The first-order chi connectivity index (χ1) is 27.8. The first-order valence-electron chi connectivity index (χ1n) is 19.5. The molecule has 2 aliphatic heterocycles. The van der Waals surface area contributed by atoms with Gasteiger partial charge in [0.05, 0.1) is 54.6 Å². The highest BCUT2D eigenvalue weighted by Crippen LogP contribution is 2.36. The van der Waals surface area contributed by atoms with Crippen molar-refractivity contribution in [2.24, 2.45) is 0 Å². The standard InChI is InChI=1S/C45H46N8O4/c1-28-24-32(36-26-47-42(49-36)39-17-11-23-53(39)44(55)40(51-45(56)57-3)31-14-8-5-9-15-31)18-20-34(28)35-21-19-33(25-46-35)37-27-48-41(50-37)38-16-10-22-52(38)43(54)29(2)30-12-6-4-7-13-30/h4-9,12-15,18-21,24-27,29,38-40H,10-11,16-17,22-23H2,1-3H3,(H,47,49)(H,48,50)(H,51,56)/t29-,38+,39+,40-/m1/s1. The van der Waals surface area contributed by atoms with E-state index in [1.54, 1.807) is 4.90 Å². The van der Waals surface area contributed by atoms with Crippen molar-refractivity contribution in [2.45, 2.75) is 63.6 Å². The van der Waals surface area contributed by atoms with Crippen LogP contribution in [0.15, 0.2) is 110 Å². The molecule has 290 valence electrons. The van der Waals surface area contributed by atoms with E-state index >= 15 is 0 Å². The monoisotopic (exact) mass is 762 g/mol. The van der Waals surface area contributed by atoms with Gasteiger partial charge in [-0.25, -0.2) is 14.8 Å². The predicted molar refractivity (Wildman–Crippen MR) is 217 cm³/mol. The Morgan fingerprint density at radius 3 is 1.88 bits per heavy atom. The number of ether oxygens (including phenoxy) is 1. The number of aromatic nitrogens is 5. The topological polar surface area (TPSA) is 149 Å². The molecule has 2 aliphatic rings. The van der Waals surface area contributed by atoms with Crippen molar-refractivity contribution in [1.29, 1.82) is 0 Å². The van der Waals surface area contributed by atoms with Crippen LogP contribution >= 0.6 is 0 Å². The smallest absolute Gasteiger partial charge is 0.407 e. The summed E-state index contributed by atoms with van der Waals surface area (Å²) in [6.07, 6.45) is 8.21. The van der Waals surface area contributed by atoms with Crippen LogP contribution in [-0.2, 0) is 14.3 Å². The zero-order valence-corrected chi connectivity index (χ0v) is 32.3. The lowest BCUT2D eigenvalue weighted by Crippen LogP contribution is -2.42. The molecule has 12 nitrogen and oxygen atoms in total. The number of carbonyl (C=O) groups excluding carboxylic acids is 3. The molecule has 0 saturated carbocycles. The number of alkyl carbamates (subject to hydrolysis) is 1. The van der Waals surface area contributed by atoms with Gasteiger partial charge < -0.3 is 29.8 Å². The van der Waals surface area contributed by atoms with Gasteiger partial charge in [0.15, 0.2) is 0 Å². The molecule has 8 rings (SSSR count). The van der Waals surface area contributed by atoms with Gasteiger partial charge in [-0.1, -0.05) is 72.8 Å². The molecule has 2 saturated heterocycles. The van der Waals surface area contributed by atoms with Crippen LogP contribution in [0.4, 0.5) is 4.79 Å². The lowest BCUT2D eigenvalue weighted by atomic mass is 9.99. The maximum absolute atomic E-state index is 13.9. The minimum Gasteiger partial charge on any atom is -0.453 e. The van der Waals surface area contributed by atoms with Gasteiger partial charge in [-0.15, -0.1) is 0 Å². The van der Waals surface area contributed by atoms with Crippen molar-refractivity contribution in [2.75, 3.05) is 20.2 Å². The zero-order valence-electron chi connectivity index (χ0n) is 32.3. The summed E-state index contributed by atoms with van der Waals surface area (Å²) in [4.78, 5) is 64.7. The van der Waals surface area contributed by atoms with Gasteiger partial charge in [0.25, 0.3) is 5.91 Å². The van der Waals surface area contributed by atoms with Crippen molar-refractivity contribution >= 4 is 17.9 Å². The van der Waals surface area contributed by atoms with E-state index in [2.05, 4.69) is 34.3 Å². The van der Waals surface area contributed by atoms with Crippen molar-refractivity contribution in [1.82, 2.24) is 40.0 Å². The first-order valence-corrected chi connectivity index (χ1v) is 19.5. The number of methoxy groups -OCH3 is 1. The number of imidazole rings is 2. The summed E-state index contributed by atoms with van der Waals surface area (Å²) < 4.78 is 4.83. The lowest BCUT2D eigenvalue weighted by molar-refractivity contribution is -0.135. The quantitative estimate of drug-likeness (QED) is 0.128. The molecular weight excluding hydrogens is 717 g/mol. The predicted octanol–water partition coefficient (Wildman–Crippen LogP) is 8.07. The van der Waals surface area contributed by atoms with Crippen molar-refractivity contribution in [3.8, 4) is 33.8 Å².